The van der Waals surface area contributed by atoms with E-state index in [1.807, 2.05) is 6.92 Å². The maximum absolute atomic E-state index is 12.6. The zero-order valence-electron chi connectivity index (χ0n) is 11.2. The van der Waals surface area contributed by atoms with E-state index in [0.717, 1.165) is 6.42 Å². The van der Waals surface area contributed by atoms with Crippen LogP contribution >= 0.6 is 27.5 Å². The molecule has 0 aliphatic rings. The summed E-state index contributed by atoms with van der Waals surface area (Å²) in [6.07, 6.45) is 2.45. The van der Waals surface area contributed by atoms with Crippen LogP contribution in [-0.4, -0.2) is 22.7 Å². The molecular weight excluding hydrogens is 344 g/mol. The molecule has 0 saturated heterocycles. The Kier molecular flexibility index (Phi) is 4.83. The molecule has 0 radical (unpaired) electrons. The van der Waals surface area contributed by atoms with Gasteiger partial charge in [0.25, 0.3) is 0 Å². The summed E-state index contributed by atoms with van der Waals surface area (Å²) in [7, 11) is 1.53. The Morgan fingerprint density at radius 3 is 2.85 bits per heavy atom. The number of benzene rings is 1. The van der Waals surface area contributed by atoms with E-state index in [1.54, 1.807) is 29.1 Å². The van der Waals surface area contributed by atoms with Gasteiger partial charge in [0.05, 0.1) is 18.3 Å². The predicted molar refractivity (Wildman–Crippen MR) is 81.7 cm³/mol. The van der Waals surface area contributed by atoms with Crippen molar-refractivity contribution >= 4 is 33.3 Å². The standard InChI is InChI=1S/C14H14BrClN2O2/c1-3-6-18-13(12(20-2)8-17-18)14(19)9-4-5-11(16)10(15)7-9/h4-5,7-8H,3,6H2,1-2H3. The molecule has 0 fully saturated rings. The van der Waals surface area contributed by atoms with Crippen molar-refractivity contribution in [3.05, 3.63) is 45.1 Å². The maximum Gasteiger partial charge on any atom is 0.214 e. The predicted octanol–water partition coefficient (Wildman–Crippen LogP) is 3.95. The lowest BCUT2D eigenvalue weighted by Gasteiger charge is -2.08. The third-order valence-electron chi connectivity index (χ3n) is 2.86. The fourth-order valence-electron chi connectivity index (χ4n) is 1.90. The third-order valence-corrected chi connectivity index (χ3v) is 4.07. The van der Waals surface area contributed by atoms with E-state index in [9.17, 15) is 4.79 Å². The van der Waals surface area contributed by atoms with Crippen LogP contribution in [0.2, 0.25) is 5.02 Å². The molecule has 0 atom stereocenters. The minimum absolute atomic E-state index is 0.134. The fourth-order valence-corrected chi connectivity index (χ4v) is 2.40. The van der Waals surface area contributed by atoms with E-state index in [-0.39, 0.29) is 5.78 Å². The van der Waals surface area contributed by atoms with E-state index in [1.165, 1.54) is 7.11 Å². The van der Waals surface area contributed by atoms with Crippen molar-refractivity contribution in [2.45, 2.75) is 19.9 Å². The lowest BCUT2D eigenvalue weighted by Crippen LogP contribution is -2.12. The maximum atomic E-state index is 12.6. The number of methoxy groups -OCH3 is 1. The van der Waals surface area contributed by atoms with Crippen LogP contribution in [0.25, 0.3) is 0 Å². The van der Waals surface area contributed by atoms with Gasteiger partial charge in [0.2, 0.25) is 5.78 Å². The van der Waals surface area contributed by atoms with E-state index in [4.69, 9.17) is 16.3 Å². The number of ketones is 1. The van der Waals surface area contributed by atoms with Crippen LogP contribution in [0.1, 0.15) is 29.4 Å². The van der Waals surface area contributed by atoms with Crippen molar-refractivity contribution < 1.29 is 9.53 Å². The van der Waals surface area contributed by atoms with Crippen LogP contribution in [0.4, 0.5) is 0 Å². The molecule has 20 heavy (non-hydrogen) atoms. The second kappa shape index (κ2) is 6.41. The molecule has 0 saturated carbocycles. The number of hydrogen-bond acceptors (Lipinski definition) is 3. The van der Waals surface area contributed by atoms with Crippen LogP contribution < -0.4 is 4.74 Å². The first-order chi connectivity index (χ1) is 9.58. The third kappa shape index (κ3) is 2.88. The summed E-state index contributed by atoms with van der Waals surface area (Å²) in [6.45, 7) is 2.69. The summed E-state index contributed by atoms with van der Waals surface area (Å²) in [6, 6.07) is 5.08. The Morgan fingerprint density at radius 1 is 1.50 bits per heavy atom. The van der Waals surface area contributed by atoms with Crippen LogP contribution in [0.5, 0.6) is 5.75 Å². The number of hydrogen-bond donors (Lipinski definition) is 0. The van der Waals surface area contributed by atoms with Gasteiger partial charge in [-0.05, 0) is 40.5 Å². The van der Waals surface area contributed by atoms with E-state index in [0.29, 0.717) is 33.0 Å². The second-order valence-corrected chi connectivity index (χ2v) is 5.50. The molecule has 1 aromatic heterocycles. The Hall–Kier alpha value is -1.33. The summed E-state index contributed by atoms with van der Waals surface area (Å²) < 4.78 is 7.58. The first-order valence-electron chi connectivity index (χ1n) is 6.18. The van der Waals surface area contributed by atoms with Gasteiger partial charge in [-0.1, -0.05) is 18.5 Å². The molecule has 2 aromatic rings. The molecule has 0 amide bonds. The van der Waals surface area contributed by atoms with Gasteiger partial charge in [-0.3, -0.25) is 9.48 Å². The summed E-state index contributed by atoms with van der Waals surface area (Å²) in [5.74, 6) is 0.347. The minimum atomic E-state index is -0.134. The minimum Gasteiger partial charge on any atom is -0.493 e. The molecule has 0 bridgehead atoms. The molecule has 0 aliphatic carbocycles. The molecule has 1 aromatic carbocycles. The molecule has 0 N–H and O–H groups in total. The number of carbonyl (C=O) groups is 1. The van der Waals surface area contributed by atoms with Gasteiger partial charge in [0.15, 0.2) is 11.4 Å². The van der Waals surface area contributed by atoms with Gasteiger partial charge in [-0.25, -0.2) is 0 Å². The molecule has 106 valence electrons. The second-order valence-electron chi connectivity index (χ2n) is 4.24. The quantitative estimate of drug-likeness (QED) is 0.761. The molecule has 1 heterocycles. The van der Waals surface area contributed by atoms with Gasteiger partial charge < -0.3 is 4.74 Å². The first kappa shape index (κ1) is 15.1. The lowest BCUT2D eigenvalue weighted by molar-refractivity contribution is 0.102. The van der Waals surface area contributed by atoms with Gasteiger partial charge in [0, 0.05) is 16.6 Å². The SMILES string of the molecule is CCCn1ncc(OC)c1C(=O)c1ccc(Cl)c(Br)c1. The van der Waals surface area contributed by atoms with Crippen molar-refractivity contribution in [1.82, 2.24) is 9.78 Å². The van der Waals surface area contributed by atoms with E-state index in [2.05, 4.69) is 21.0 Å². The zero-order valence-corrected chi connectivity index (χ0v) is 13.5. The van der Waals surface area contributed by atoms with Gasteiger partial charge in [-0.15, -0.1) is 0 Å². The highest BCUT2D eigenvalue weighted by Crippen LogP contribution is 2.27. The molecular formula is C14H14BrClN2O2. The number of ether oxygens (including phenoxy) is 1. The van der Waals surface area contributed by atoms with Crippen molar-refractivity contribution in [2.24, 2.45) is 0 Å². The average molecular weight is 358 g/mol. The monoisotopic (exact) mass is 356 g/mol. The summed E-state index contributed by atoms with van der Waals surface area (Å²) in [4.78, 5) is 12.6. The highest BCUT2D eigenvalue weighted by atomic mass is 79.9. The number of nitrogens with zero attached hydrogens (tertiary/aromatic N) is 2. The van der Waals surface area contributed by atoms with E-state index >= 15 is 0 Å². The Morgan fingerprint density at radius 2 is 2.25 bits per heavy atom. The van der Waals surface area contributed by atoms with Crippen LogP contribution in [-0.2, 0) is 6.54 Å². The topological polar surface area (TPSA) is 44.1 Å². The molecule has 0 unspecified atom stereocenters. The smallest absolute Gasteiger partial charge is 0.214 e. The van der Waals surface area contributed by atoms with Crippen LogP contribution in [0.15, 0.2) is 28.9 Å². The molecule has 6 heteroatoms. The van der Waals surface area contributed by atoms with Gasteiger partial charge in [0.1, 0.15) is 0 Å². The summed E-state index contributed by atoms with van der Waals surface area (Å²) >= 11 is 9.27. The molecule has 4 nitrogen and oxygen atoms in total. The highest BCUT2D eigenvalue weighted by Gasteiger charge is 2.21. The number of carbonyl (C=O) groups excluding carboxylic acids is 1. The van der Waals surface area contributed by atoms with Crippen molar-refractivity contribution in [3.63, 3.8) is 0 Å². The van der Waals surface area contributed by atoms with Crippen LogP contribution in [0.3, 0.4) is 0 Å². The lowest BCUT2D eigenvalue weighted by atomic mass is 10.1. The first-order valence-corrected chi connectivity index (χ1v) is 7.35. The molecule has 2 rings (SSSR count). The zero-order chi connectivity index (χ0) is 14.7. The Bertz CT molecular complexity index is 640. The largest absolute Gasteiger partial charge is 0.493 e. The summed E-state index contributed by atoms with van der Waals surface area (Å²) in [5.41, 5.74) is 1.00. The summed E-state index contributed by atoms with van der Waals surface area (Å²) in [5, 5.41) is 4.76. The van der Waals surface area contributed by atoms with Crippen LogP contribution in [0, 0.1) is 0 Å². The number of rotatable bonds is 5. The van der Waals surface area contributed by atoms with Crippen molar-refractivity contribution in [3.8, 4) is 5.75 Å². The Balaban J connectivity index is 2.46. The number of aromatic nitrogens is 2. The molecule has 0 aliphatic heterocycles. The van der Waals surface area contributed by atoms with E-state index < -0.39 is 0 Å². The number of halogens is 2. The van der Waals surface area contributed by atoms with Gasteiger partial charge >= 0.3 is 0 Å². The van der Waals surface area contributed by atoms with Crippen molar-refractivity contribution in [2.75, 3.05) is 7.11 Å². The Labute approximate surface area is 130 Å². The highest BCUT2D eigenvalue weighted by molar-refractivity contribution is 9.10. The number of aryl methyl sites for hydroxylation is 1. The molecule has 0 spiro atoms. The average Bonchev–Trinajstić information content (AvgIpc) is 2.84. The fraction of sp³-hybridized carbons (Fsp3) is 0.286. The normalized spacial score (nSPS) is 10.6. The van der Waals surface area contributed by atoms with Gasteiger partial charge in [-0.2, -0.15) is 5.10 Å². The van der Waals surface area contributed by atoms with Crippen molar-refractivity contribution in [1.29, 1.82) is 0 Å².